The van der Waals surface area contributed by atoms with Gasteiger partial charge in [0.15, 0.2) is 2.14 Å². The molecule has 112 valence electrons. The van der Waals surface area contributed by atoms with Crippen LogP contribution in [0.25, 0.3) is 22.0 Å². The Labute approximate surface area is 163 Å². The van der Waals surface area contributed by atoms with Crippen molar-refractivity contribution >= 4 is 81.9 Å². The van der Waals surface area contributed by atoms with Crippen LogP contribution in [-0.4, -0.2) is 4.98 Å². The Kier molecular flexibility index (Phi) is 4.87. The molecule has 6 heteroatoms. The number of aromatic nitrogens is 1. The third-order valence-corrected chi connectivity index (χ3v) is 5.19. The molecule has 2 aromatic carbocycles. The second-order valence-corrected chi connectivity index (χ2v) is 12.3. The number of hydrogen-bond donors (Lipinski definition) is 0. The number of halogens is 5. The van der Waals surface area contributed by atoms with Gasteiger partial charge in [-0.25, -0.2) is 4.98 Å². The van der Waals surface area contributed by atoms with Gasteiger partial charge >= 0.3 is 0 Å². The van der Waals surface area contributed by atoms with E-state index in [2.05, 4.69) is 52.8 Å². The molecule has 0 unspecified atom stereocenters. The average Bonchev–Trinajstić information content (AvgIpc) is 2.48. The standard InChI is InChI=1S/C16H8Br3Cl2N/c17-16(18,19)15-8-11(9-5-6-12(20)13(21)7-9)10-3-1-2-4-14(10)22-15/h1-8H. The number of benzene rings is 2. The minimum atomic E-state index is -0.581. The van der Waals surface area contributed by atoms with Crippen LogP contribution in [0.1, 0.15) is 5.69 Å². The van der Waals surface area contributed by atoms with E-state index in [0.717, 1.165) is 27.7 Å². The summed E-state index contributed by atoms with van der Waals surface area (Å²) in [7, 11) is 0. The van der Waals surface area contributed by atoms with Gasteiger partial charge in [-0.3, -0.25) is 0 Å². The summed E-state index contributed by atoms with van der Waals surface area (Å²) >= 11 is 22.8. The van der Waals surface area contributed by atoms with Gasteiger partial charge in [0.05, 0.1) is 21.3 Å². The van der Waals surface area contributed by atoms with Crippen LogP contribution in [0.15, 0.2) is 48.5 Å². The fraction of sp³-hybridized carbons (Fsp3) is 0.0625. The minimum absolute atomic E-state index is 0.532. The van der Waals surface area contributed by atoms with Crippen LogP contribution in [0.3, 0.4) is 0 Å². The molecular formula is C16H8Br3Cl2N. The van der Waals surface area contributed by atoms with E-state index in [-0.39, 0.29) is 0 Å². The SMILES string of the molecule is Clc1ccc(-c2cc(C(Br)(Br)Br)nc3ccccc23)cc1Cl. The summed E-state index contributed by atoms with van der Waals surface area (Å²) in [4.78, 5) is 4.67. The Hall–Kier alpha value is -0.130. The lowest BCUT2D eigenvalue weighted by atomic mass is 10.0. The number of fused-ring (bicyclic) bond motifs is 1. The lowest BCUT2D eigenvalue weighted by Gasteiger charge is -2.16. The summed E-state index contributed by atoms with van der Waals surface area (Å²) < 4.78 is -0.581. The third kappa shape index (κ3) is 3.36. The molecule has 1 aromatic heterocycles. The van der Waals surface area contributed by atoms with Gasteiger partial charge in [0.25, 0.3) is 0 Å². The van der Waals surface area contributed by atoms with Crippen molar-refractivity contribution in [3.8, 4) is 11.1 Å². The Bertz CT molecular complexity index is 860. The van der Waals surface area contributed by atoms with Gasteiger partial charge in [-0.2, -0.15) is 0 Å². The zero-order valence-corrected chi connectivity index (χ0v) is 17.2. The smallest absolute Gasteiger partial charge is 0.176 e. The number of para-hydroxylation sites is 1. The van der Waals surface area contributed by atoms with E-state index in [1.54, 1.807) is 6.07 Å². The molecule has 0 atom stereocenters. The fourth-order valence-corrected chi connectivity index (χ4v) is 3.13. The molecule has 0 N–H and O–H groups in total. The summed E-state index contributed by atoms with van der Waals surface area (Å²) in [6, 6.07) is 15.6. The van der Waals surface area contributed by atoms with Gasteiger partial charge in [0.1, 0.15) is 0 Å². The molecule has 0 aliphatic rings. The topological polar surface area (TPSA) is 12.9 Å². The predicted molar refractivity (Wildman–Crippen MR) is 106 cm³/mol. The number of nitrogens with zero attached hydrogens (tertiary/aromatic N) is 1. The molecule has 0 spiro atoms. The summed E-state index contributed by atoms with van der Waals surface area (Å²) in [5.74, 6) is 0. The van der Waals surface area contributed by atoms with Gasteiger partial charge < -0.3 is 0 Å². The Balaban J connectivity index is 2.33. The van der Waals surface area contributed by atoms with Gasteiger partial charge in [0.2, 0.25) is 0 Å². The zero-order valence-electron chi connectivity index (χ0n) is 11.0. The van der Waals surface area contributed by atoms with Crippen LogP contribution in [0.2, 0.25) is 10.0 Å². The molecular weight excluding hydrogens is 517 g/mol. The summed E-state index contributed by atoms with van der Waals surface area (Å²) in [5.41, 5.74) is 3.75. The van der Waals surface area contributed by atoms with Gasteiger partial charge in [-0.1, -0.05) is 95.3 Å². The van der Waals surface area contributed by atoms with Gasteiger partial charge in [0, 0.05) is 5.39 Å². The van der Waals surface area contributed by atoms with Gasteiger partial charge in [-0.15, -0.1) is 0 Å². The summed E-state index contributed by atoms with van der Waals surface area (Å²) in [6.45, 7) is 0. The quantitative estimate of drug-likeness (QED) is 0.300. The van der Waals surface area contributed by atoms with Gasteiger partial charge in [-0.05, 0) is 35.4 Å². The molecule has 0 fully saturated rings. The van der Waals surface area contributed by atoms with Crippen molar-refractivity contribution in [2.24, 2.45) is 0 Å². The maximum Gasteiger partial charge on any atom is 0.176 e. The maximum atomic E-state index is 6.17. The van der Waals surface area contributed by atoms with Crippen molar-refractivity contribution in [2.45, 2.75) is 2.14 Å². The van der Waals surface area contributed by atoms with Crippen LogP contribution < -0.4 is 0 Å². The van der Waals surface area contributed by atoms with Crippen LogP contribution in [0, 0.1) is 0 Å². The van der Waals surface area contributed by atoms with Crippen molar-refractivity contribution in [1.29, 1.82) is 0 Å². The first kappa shape index (κ1) is 16.7. The molecule has 0 saturated carbocycles. The van der Waals surface area contributed by atoms with Crippen LogP contribution in [0.5, 0.6) is 0 Å². The molecule has 0 bridgehead atoms. The van der Waals surface area contributed by atoms with Crippen LogP contribution in [0.4, 0.5) is 0 Å². The van der Waals surface area contributed by atoms with E-state index in [1.807, 2.05) is 42.5 Å². The van der Waals surface area contributed by atoms with E-state index in [4.69, 9.17) is 23.2 Å². The van der Waals surface area contributed by atoms with E-state index < -0.39 is 2.14 Å². The van der Waals surface area contributed by atoms with E-state index in [9.17, 15) is 0 Å². The molecule has 0 aliphatic carbocycles. The van der Waals surface area contributed by atoms with E-state index in [0.29, 0.717) is 10.0 Å². The van der Waals surface area contributed by atoms with E-state index in [1.165, 1.54) is 0 Å². The molecule has 1 nitrogen and oxygen atoms in total. The average molecular weight is 525 g/mol. The molecule has 0 saturated heterocycles. The molecule has 1 heterocycles. The van der Waals surface area contributed by atoms with Crippen molar-refractivity contribution in [3.63, 3.8) is 0 Å². The zero-order chi connectivity index (χ0) is 15.9. The highest BCUT2D eigenvalue weighted by Gasteiger charge is 2.24. The lowest BCUT2D eigenvalue weighted by Crippen LogP contribution is -2.02. The highest BCUT2D eigenvalue weighted by atomic mass is 80.0. The largest absolute Gasteiger partial charge is 0.249 e. The highest BCUT2D eigenvalue weighted by Crippen LogP contribution is 2.45. The number of alkyl halides is 3. The highest BCUT2D eigenvalue weighted by molar-refractivity contribution is 9.38. The Morgan fingerprint density at radius 2 is 1.59 bits per heavy atom. The van der Waals surface area contributed by atoms with Crippen molar-refractivity contribution < 1.29 is 0 Å². The lowest BCUT2D eigenvalue weighted by molar-refractivity contribution is 1.20. The Morgan fingerprint density at radius 1 is 0.864 bits per heavy atom. The molecule has 22 heavy (non-hydrogen) atoms. The van der Waals surface area contributed by atoms with Crippen LogP contribution in [-0.2, 0) is 2.14 Å². The molecule has 3 aromatic rings. The maximum absolute atomic E-state index is 6.17. The molecule has 0 radical (unpaired) electrons. The monoisotopic (exact) mass is 521 g/mol. The normalized spacial score (nSPS) is 11.9. The van der Waals surface area contributed by atoms with Crippen molar-refractivity contribution in [1.82, 2.24) is 4.98 Å². The third-order valence-electron chi connectivity index (χ3n) is 3.24. The number of pyridine rings is 1. The van der Waals surface area contributed by atoms with Crippen LogP contribution >= 0.6 is 71.0 Å². The summed E-state index contributed by atoms with van der Waals surface area (Å²) in [5, 5.41) is 2.13. The molecule has 3 rings (SSSR count). The van der Waals surface area contributed by atoms with Crippen molar-refractivity contribution in [3.05, 3.63) is 64.3 Å². The first-order chi connectivity index (χ1) is 10.4. The van der Waals surface area contributed by atoms with Crippen molar-refractivity contribution in [2.75, 3.05) is 0 Å². The molecule has 0 aliphatic heterocycles. The second kappa shape index (κ2) is 6.40. The fourth-order valence-electron chi connectivity index (χ4n) is 2.22. The predicted octanol–water partition coefficient (Wildman–Crippen LogP) is 7.50. The second-order valence-electron chi connectivity index (χ2n) is 4.70. The summed E-state index contributed by atoms with van der Waals surface area (Å²) in [6.07, 6.45) is 0. The number of hydrogen-bond acceptors (Lipinski definition) is 1. The number of rotatable bonds is 1. The first-order valence-corrected chi connectivity index (χ1v) is 9.42. The molecule has 0 amide bonds. The van der Waals surface area contributed by atoms with E-state index >= 15 is 0 Å². The minimum Gasteiger partial charge on any atom is -0.249 e. The Morgan fingerprint density at radius 3 is 2.27 bits per heavy atom. The first-order valence-electron chi connectivity index (χ1n) is 6.28.